The Balaban J connectivity index is 0.00000900. The van der Waals surface area contributed by atoms with Crippen LogP contribution >= 0.6 is 0 Å². The average Bonchev–Trinajstić information content (AvgIpc) is 2.71. The van der Waals surface area contributed by atoms with Gasteiger partial charge in [-0.05, 0) is 24.5 Å². The van der Waals surface area contributed by atoms with E-state index < -0.39 is 0 Å². The summed E-state index contributed by atoms with van der Waals surface area (Å²) in [7, 11) is 3.68. The number of aromatic nitrogens is 1. The number of hydrogen-bond acceptors (Lipinski definition) is 5. The fraction of sp³-hybridized carbons (Fsp3) is 0.435. The van der Waals surface area contributed by atoms with Gasteiger partial charge < -0.3 is 27.9 Å². The number of pyridine rings is 1. The molecule has 0 fully saturated rings. The molecule has 1 unspecified atom stereocenters. The zero-order chi connectivity index (χ0) is 22.7. The predicted molar refractivity (Wildman–Crippen MR) is 119 cm³/mol. The predicted octanol–water partition coefficient (Wildman–Crippen LogP) is -0.0978. The molecule has 0 spiro atoms. The van der Waals surface area contributed by atoms with Crippen LogP contribution in [0.5, 0.6) is 5.75 Å². The van der Waals surface area contributed by atoms with E-state index in [1.165, 1.54) is 0 Å². The molecular formula is C23H30LiN5O2-2. The van der Waals surface area contributed by atoms with Crippen molar-refractivity contribution in [3.63, 3.8) is 0 Å². The van der Waals surface area contributed by atoms with Gasteiger partial charge in [0.25, 0.3) is 5.91 Å². The van der Waals surface area contributed by atoms with Gasteiger partial charge >= 0.3 is 18.9 Å². The molecule has 1 heterocycles. The summed E-state index contributed by atoms with van der Waals surface area (Å²) < 4.78 is 5.98. The molecule has 0 bridgehead atoms. The summed E-state index contributed by atoms with van der Waals surface area (Å²) in [6.45, 7) is 14.6. The maximum absolute atomic E-state index is 12.1. The molecule has 0 saturated heterocycles. The van der Waals surface area contributed by atoms with Crippen molar-refractivity contribution in [2.75, 3.05) is 33.8 Å². The van der Waals surface area contributed by atoms with Crippen LogP contribution in [-0.4, -0.2) is 60.8 Å². The van der Waals surface area contributed by atoms with Crippen molar-refractivity contribution in [3.8, 4) is 23.7 Å². The van der Waals surface area contributed by atoms with Gasteiger partial charge in [0.05, 0.1) is 12.0 Å². The zero-order valence-corrected chi connectivity index (χ0v) is 19.5. The molecular weight excluding hydrogens is 385 g/mol. The second-order valence-electron chi connectivity index (χ2n) is 7.03. The Hall–Kier alpha value is -2.59. The van der Waals surface area contributed by atoms with E-state index in [2.05, 4.69) is 42.6 Å². The van der Waals surface area contributed by atoms with Crippen LogP contribution in [0.3, 0.4) is 0 Å². The molecule has 2 atom stereocenters. The molecule has 0 aliphatic heterocycles. The van der Waals surface area contributed by atoms with Crippen molar-refractivity contribution in [1.29, 1.82) is 5.26 Å². The summed E-state index contributed by atoms with van der Waals surface area (Å²) >= 11 is 0. The van der Waals surface area contributed by atoms with Crippen LogP contribution in [0.15, 0.2) is 11.1 Å². The largest absolute Gasteiger partial charge is 1.00 e. The fourth-order valence-electron chi connectivity index (χ4n) is 2.73. The SMILES string of the molecule is [CH2-]CN(CC(C)[C@H]([CH-]C)COc1cc(N=CN(C)C)c(C#N)nc1[CH2-])C(=O)C#CC.[Li+]. The second-order valence-corrected chi connectivity index (χ2v) is 7.03. The maximum Gasteiger partial charge on any atom is 1.00 e. The molecule has 0 N–H and O–H groups in total. The molecule has 31 heavy (non-hydrogen) atoms. The quantitative estimate of drug-likeness (QED) is 0.175. The summed E-state index contributed by atoms with van der Waals surface area (Å²) in [6.07, 6.45) is 3.64. The van der Waals surface area contributed by atoms with Crippen LogP contribution in [-0.2, 0) is 4.79 Å². The minimum absolute atomic E-state index is 0. The monoisotopic (exact) mass is 415 g/mol. The standard InChI is InChI=1S/C23H30N5O2.Li/c1-8-11-23(29)28(10-3)14-17(4)19(9-2)15-30-22-12-20(25-16-27(6)7)21(13-24)26-18(22)5;/h9,12,16-17,19H,3,5,10,14-15H2,1-2,4,6-7H3;/q-3;+1/t17?,19-;/m1./s1. The van der Waals surface area contributed by atoms with Gasteiger partial charge in [-0.2, -0.15) is 12.2 Å². The van der Waals surface area contributed by atoms with Crippen molar-refractivity contribution >= 4 is 17.9 Å². The van der Waals surface area contributed by atoms with Crippen molar-refractivity contribution in [2.45, 2.75) is 20.8 Å². The van der Waals surface area contributed by atoms with E-state index in [9.17, 15) is 10.1 Å². The Labute approximate surface area is 199 Å². The van der Waals surface area contributed by atoms with E-state index in [1.54, 1.807) is 29.1 Å². The summed E-state index contributed by atoms with van der Waals surface area (Å²) in [5, 5.41) is 9.30. The number of nitrogens with zero attached hydrogens (tertiary/aromatic N) is 5. The molecule has 0 aliphatic carbocycles. The van der Waals surface area contributed by atoms with Crippen molar-refractivity contribution in [1.82, 2.24) is 14.8 Å². The van der Waals surface area contributed by atoms with Crippen LogP contribution in [0.25, 0.3) is 0 Å². The van der Waals surface area contributed by atoms with Crippen LogP contribution in [0.4, 0.5) is 5.69 Å². The molecule has 0 saturated carbocycles. The summed E-state index contributed by atoms with van der Waals surface area (Å²) in [5.41, 5.74) is 0.996. The number of nitriles is 1. The Kier molecular flexibility index (Phi) is 13.2. The third kappa shape index (κ3) is 8.97. The fourth-order valence-corrected chi connectivity index (χ4v) is 2.73. The Morgan fingerprint density at radius 1 is 1.48 bits per heavy atom. The van der Waals surface area contributed by atoms with E-state index in [-0.39, 0.29) is 42.3 Å². The molecule has 1 rings (SSSR count). The minimum atomic E-state index is -0.227. The maximum atomic E-state index is 12.1. The van der Waals surface area contributed by atoms with Gasteiger partial charge in [-0.1, -0.05) is 24.6 Å². The molecule has 0 aliphatic rings. The van der Waals surface area contributed by atoms with Gasteiger partial charge in [0, 0.05) is 27.2 Å². The molecule has 1 aromatic heterocycles. The molecule has 0 radical (unpaired) electrons. The second kappa shape index (κ2) is 14.4. The van der Waals surface area contributed by atoms with E-state index in [1.807, 2.05) is 33.5 Å². The van der Waals surface area contributed by atoms with Crippen molar-refractivity contribution < 1.29 is 28.4 Å². The zero-order valence-electron chi connectivity index (χ0n) is 19.5. The summed E-state index contributed by atoms with van der Waals surface area (Å²) in [5.74, 6) is 5.64. The first-order valence-corrected chi connectivity index (χ1v) is 9.68. The first-order valence-electron chi connectivity index (χ1n) is 9.68. The number of ether oxygens (including phenoxy) is 1. The van der Waals surface area contributed by atoms with Crippen molar-refractivity contribution in [2.24, 2.45) is 16.8 Å². The Bertz CT molecular complexity index is 852. The summed E-state index contributed by atoms with van der Waals surface area (Å²) in [6, 6.07) is 3.71. The first kappa shape index (κ1) is 28.4. The molecule has 8 heteroatoms. The normalized spacial score (nSPS) is 12.0. The summed E-state index contributed by atoms with van der Waals surface area (Å²) in [4.78, 5) is 23.9. The van der Waals surface area contributed by atoms with Gasteiger partial charge in [-0.25, -0.2) is 11.9 Å². The number of amides is 1. The third-order valence-corrected chi connectivity index (χ3v) is 4.46. The van der Waals surface area contributed by atoms with Crippen LogP contribution in [0, 0.1) is 55.3 Å². The van der Waals surface area contributed by atoms with Gasteiger partial charge in [-0.3, -0.25) is 9.78 Å². The topological polar surface area (TPSA) is 81.8 Å². The van der Waals surface area contributed by atoms with E-state index >= 15 is 0 Å². The van der Waals surface area contributed by atoms with E-state index in [4.69, 9.17) is 4.74 Å². The van der Waals surface area contributed by atoms with Crippen LogP contribution < -0.4 is 23.6 Å². The number of carbonyl (C=O) groups is 1. The van der Waals surface area contributed by atoms with Crippen LogP contribution in [0.2, 0.25) is 0 Å². The van der Waals surface area contributed by atoms with E-state index in [0.717, 1.165) is 0 Å². The van der Waals surface area contributed by atoms with Gasteiger partial charge in [-0.15, -0.1) is 12.5 Å². The first-order chi connectivity index (χ1) is 14.3. The molecule has 7 nitrogen and oxygen atoms in total. The Morgan fingerprint density at radius 3 is 2.68 bits per heavy atom. The third-order valence-electron chi connectivity index (χ3n) is 4.46. The number of aliphatic imine (C=N–C) groups is 1. The number of hydrogen-bond donors (Lipinski definition) is 0. The van der Waals surface area contributed by atoms with E-state index in [0.29, 0.717) is 36.8 Å². The molecule has 1 aromatic rings. The molecule has 162 valence electrons. The minimum Gasteiger partial charge on any atom is -0.579 e. The average molecular weight is 415 g/mol. The van der Waals surface area contributed by atoms with Gasteiger partial charge in [0.2, 0.25) is 0 Å². The molecule has 0 aromatic carbocycles. The number of rotatable bonds is 10. The van der Waals surface area contributed by atoms with Gasteiger partial charge in [0.15, 0.2) is 5.69 Å². The van der Waals surface area contributed by atoms with Gasteiger partial charge in [0.1, 0.15) is 6.07 Å². The number of carbonyl (C=O) groups excluding carboxylic acids is 1. The van der Waals surface area contributed by atoms with Crippen molar-refractivity contribution in [3.05, 3.63) is 37.7 Å². The molecule has 1 amide bonds. The smallest absolute Gasteiger partial charge is 0.579 e. The van der Waals surface area contributed by atoms with Crippen LogP contribution in [0.1, 0.15) is 32.2 Å². The Morgan fingerprint density at radius 2 is 2.16 bits per heavy atom.